The molecule has 0 saturated carbocycles. The van der Waals surface area contributed by atoms with Gasteiger partial charge in [0.15, 0.2) is 18.1 Å². The van der Waals surface area contributed by atoms with Gasteiger partial charge in [-0.1, -0.05) is 0 Å². The van der Waals surface area contributed by atoms with Crippen molar-refractivity contribution < 1.29 is 32.3 Å². The van der Waals surface area contributed by atoms with Crippen LogP contribution in [0.4, 0.5) is 11.4 Å². The van der Waals surface area contributed by atoms with E-state index in [2.05, 4.69) is 10.5 Å². The van der Waals surface area contributed by atoms with Gasteiger partial charge in [0.25, 0.3) is 11.6 Å². The van der Waals surface area contributed by atoms with Crippen molar-refractivity contribution in [1.29, 1.82) is 0 Å². The van der Waals surface area contributed by atoms with E-state index in [4.69, 9.17) is 14.2 Å². The molecule has 14 heteroatoms. The maximum Gasteiger partial charge on any atom is 0.295 e. The summed E-state index contributed by atoms with van der Waals surface area (Å²) in [6.07, 6.45) is 4.48. The zero-order valence-corrected chi connectivity index (χ0v) is 24.1. The average Bonchev–Trinajstić information content (AvgIpc) is 2.96. The molecule has 2 aliphatic heterocycles. The fraction of sp³-hybridized carbons (Fsp3) is 0.481. The second kappa shape index (κ2) is 13.3. The Kier molecular flexibility index (Phi) is 9.78. The Morgan fingerprint density at radius 1 is 1.15 bits per heavy atom. The number of methoxy groups -OCH3 is 1. The number of morpholine rings is 1. The van der Waals surface area contributed by atoms with Crippen LogP contribution in [-0.2, 0) is 19.6 Å². The number of carbonyl (C=O) groups excluding carboxylic acids is 1. The lowest BCUT2D eigenvalue weighted by molar-refractivity contribution is -0.384. The first kappa shape index (κ1) is 30.2. The highest BCUT2D eigenvalue weighted by Crippen LogP contribution is 2.31. The van der Waals surface area contributed by atoms with Gasteiger partial charge in [0, 0.05) is 31.2 Å². The van der Waals surface area contributed by atoms with E-state index in [9.17, 15) is 23.3 Å². The number of sulfonamides is 1. The SMILES string of the molecule is COc1cc(C=NNc2ccc(S(=O)(=O)N3CCOCC3)cc2[N+](=O)[O-])ccc1OCC(=O)N1C(C)CCCC1C. The van der Waals surface area contributed by atoms with Crippen LogP contribution >= 0.6 is 0 Å². The minimum absolute atomic E-state index is 0.0266. The molecule has 0 aliphatic carbocycles. The van der Waals surface area contributed by atoms with E-state index in [1.807, 2.05) is 18.7 Å². The van der Waals surface area contributed by atoms with Gasteiger partial charge >= 0.3 is 0 Å². The van der Waals surface area contributed by atoms with E-state index in [0.29, 0.717) is 17.1 Å². The molecule has 2 aromatic carbocycles. The number of hydrazone groups is 1. The van der Waals surface area contributed by atoms with Gasteiger partial charge in [-0.05, 0) is 69.0 Å². The molecule has 2 aromatic rings. The number of ether oxygens (including phenoxy) is 3. The van der Waals surface area contributed by atoms with E-state index in [1.54, 1.807) is 18.2 Å². The number of amides is 1. The molecule has 2 heterocycles. The lowest BCUT2D eigenvalue weighted by Crippen LogP contribution is -2.49. The topological polar surface area (TPSA) is 153 Å². The third-order valence-corrected chi connectivity index (χ3v) is 9.09. The minimum atomic E-state index is -3.90. The zero-order valence-electron chi connectivity index (χ0n) is 23.3. The molecule has 2 saturated heterocycles. The molecule has 4 rings (SSSR count). The molecule has 0 bridgehead atoms. The monoisotopic (exact) mass is 589 g/mol. The lowest BCUT2D eigenvalue weighted by atomic mass is 9.97. The molecule has 2 atom stereocenters. The molecule has 2 unspecified atom stereocenters. The predicted octanol–water partition coefficient (Wildman–Crippen LogP) is 3.24. The van der Waals surface area contributed by atoms with Crippen LogP contribution in [0.15, 0.2) is 46.4 Å². The summed E-state index contributed by atoms with van der Waals surface area (Å²) < 4.78 is 43.5. The van der Waals surface area contributed by atoms with Crippen molar-refractivity contribution in [3.8, 4) is 11.5 Å². The fourth-order valence-electron chi connectivity index (χ4n) is 5.04. The summed E-state index contributed by atoms with van der Waals surface area (Å²) in [4.78, 5) is 25.5. The number of nitrogens with zero attached hydrogens (tertiary/aromatic N) is 4. The fourth-order valence-corrected chi connectivity index (χ4v) is 6.47. The van der Waals surface area contributed by atoms with E-state index >= 15 is 0 Å². The number of benzene rings is 2. The number of carbonyl (C=O) groups is 1. The Balaban J connectivity index is 1.43. The van der Waals surface area contributed by atoms with Crippen LogP contribution in [0.1, 0.15) is 38.7 Å². The van der Waals surface area contributed by atoms with Crippen molar-refractivity contribution in [3.63, 3.8) is 0 Å². The predicted molar refractivity (Wildman–Crippen MR) is 152 cm³/mol. The Morgan fingerprint density at radius 2 is 1.85 bits per heavy atom. The second-order valence-corrected chi connectivity index (χ2v) is 11.9. The van der Waals surface area contributed by atoms with Crippen molar-refractivity contribution >= 4 is 33.5 Å². The molecule has 41 heavy (non-hydrogen) atoms. The molecular formula is C27H35N5O8S. The molecule has 1 N–H and O–H groups in total. The number of nitro benzene ring substituents is 1. The molecule has 13 nitrogen and oxygen atoms in total. The van der Waals surface area contributed by atoms with Crippen molar-refractivity contribution in [2.24, 2.45) is 5.10 Å². The van der Waals surface area contributed by atoms with Gasteiger partial charge in [0.2, 0.25) is 10.0 Å². The van der Waals surface area contributed by atoms with Crippen molar-refractivity contribution in [2.75, 3.05) is 45.4 Å². The Hall–Kier alpha value is -3.75. The third-order valence-electron chi connectivity index (χ3n) is 7.19. The van der Waals surface area contributed by atoms with Crippen LogP contribution in [0, 0.1) is 10.1 Å². The molecule has 222 valence electrons. The van der Waals surface area contributed by atoms with Gasteiger partial charge < -0.3 is 19.1 Å². The quantitative estimate of drug-likeness (QED) is 0.250. The highest BCUT2D eigenvalue weighted by atomic mass is 32.2. The smallest absolute Gasteiger partial charge is 0.295 e. The second-order valence-electron chi connectivity index (χ2n) is 9.95. The van der Waals surface area contributed by atoms with Gasteiger partial charge in [0.1, 0.15) is 5.69 Å². The van der Waals surface area contributed by atoms with Crippen LogP contribution in [0.5, 0.6) is 11.5 Å². The largest absolute Gasteiger partial charge is 0.493 e. The van der Waals surface area contributed by atoms with Gasteiger partial charge in [-0.15, -0.1) is 0 Å². The maximum atomic E-state index is 12.9. The number of rotatable bonds is 10. The van der Waals surface area contributed by atoms with Crippen LogP contribution in [0.25, 0.3) is 0 Å². The summed E-state index contributed by atoms with van der Waals surface area (Å²) in [6, 6.07) is 8.98. The van der Waals surface area contributed by atoms with Crippen LogP contribution < -0.4 is 14.9 Å². The van der Waals surface area contributed by atoms with Crippen molar-refractivity contribution in [1.82, 2.24) is 9.21 Å². The normalized spacial score (nSPS) is 20.1. The standard InChI is InChI=1S/C27H35N5O8S/c1-19-5-4-6-20(2)31(19)27(33)18-40-25-10-7-21(15-26(25)38-3)17-28-29-23-9-8-22(16-24(23)32(34)35)41(36,37)30-11-13-39-14-12-30/h7-10,15-17,19-20,29H,4-6,11-14,18H2,1-3H3. The van der Waals surface area contributed by atoms with E-state index in [1.165, 1.54) is 29.8 Å². The first-order chi connectivity index (χ1) is 19.6. The molecule has 2 aliphatic rings. The number of hydrogen-bond acceptors (Lipinski definition) is 10. The number of hydrogen-bond donors (Lipinski definition) is 1. The molecule has 0 radical (unpaired) electrons. The average molecular weight is 590 g/mol. The number of likely N-dealkylation sites (tertiary alicyclic amines) is 1. The van der Waals surface area contributed by atoms with E-state index in [-0.39, 0.29) is 61.5 Å². The minimum Gasteiger partial charge on any atom is -0.493 e. The Bertz CT molecular complexity index is 1380. The number of nitro groups is 1. The Labute approximate surface area is 239 Å². The first-order valence-corrected chi connectivity index (χ1v) is 14.8. The lowest BCUT2D eigenvalue weighted by Gasteiger charge is -2.39. The van der Waals surface area contributed by atoms with Crippen LogP contribution in [-0.4, -0.2) is 86.8 Å². The van der Waals surface area contributed by atoms with Crippen molar-refractivity contribution in [2.45, 2.75) is 50.1 Å². The molecule has 0 spiro atoms. The highest BCUT2D eigenvalue weighted by molar-refractivity contribution is 7.89. The van der Waals surface area contributed by atoms with Crippen molar-refractivity contribution in [3.05, 3.63) is 52.1 Å². The summed E-state index contributed by atoms with van der Waals surface area (Å²) in [5, 5.41) is 15.8. The summed E-state index contributed by atoms with van der Waals surface area (Å²) in [7, 11) is -2.42. The van der Waals surface area contributed by atoms with Gasteiger partial charge in [-0.25, -0.2) is 8.42 Å². The summed E-state index contributed by atoms with van der Waals surface area (Å²) in [5.74, 6) is 0.716. The van der Waals surface area contributed by atoms with Crippen LogP contribution in [0.3, 0.4) is 0 Å². The summed E-state index contributed by atoms with van der Waals surface area (Å²) >= 11 is 0. The number of piperidine rings is 1. The Morgan fingerprint density at radius 3 is 2.51 bits per heavy atom. The van der Waals surface area contributed by atoms with Gasteiger partial charge in [-0.2, -0.15) is 9.41 Å². The summed E-state index contributed by atoms with van der Waals surface area (Å²) in [6.45, 7) is 4.88. The molecule has 0 aromatic heterocycles. The maximum absolute atomic E-state index is 12.9. The third kappa shape index (κ3) is 7.13. The highest BCUT2D eigenvalue weighted by Gasteiger charge is 2.30. The summed E-state index contributed by atoms with van der Waals surface area (Å²) in [5.41, 5.74) is 2.81. The van der Waals surface area contributed by atoms with Crippen LogP contribution in [0.2, 0.25) is 0 Å². The van der Waals surface area contributed by atoms with Gasteiger partial charge in [0.05, 0.1) is 36.4 Å². The molecule has 1 amide bonds. The van der Waals surface area contributed by atoms with E-state index < -0.39 is 20.6 Å². The first-order valence-electron chi connectivity index (χ1n) is 13.4. The zero-order chi connectivity index (χ0) is 29.6. The van der Waals surface area contributed by atoms with E-state index in [0.717, 1.165) is 25.3 Å². The molecular weight excluding hydrogens is 554 g/mol. The number of anilines is 1. The number of nitrogens with one attached hydrogen (secondary N) is 1. The van der Waals surface area contributed by atoms with Gasteiger partial charge in [-0.3, -0.25) is 20.3 Å². The molecule has 2 fully saturated rings.